The van der Waals surface area contributed by atoms with Crippen LogP contribution in [0.5, 0.6) is 0 Å². The molecule has 0 saturated carbocycles. The predicted molar refractivity (Wildman–Crippen MR) is 148 cm³/mol. The molecule has 1 aliphatic carbocycles. The summed E-state index contributed by atoms with van der Waals surface area (Å²) in [6.45, 7) is 9.83. The van der Waals surface area contributed by atoms with E-state index in [9.17, 15) is 19.5 Å². The number of benzene rings is 1. The molecule has 2 aliphatic rings. The lowest BCUT2D eigenvalue weighted by molar-refractivity contribution is 0.0515. The number of carbonyl (C=O) groups excluding carboxylic acids is 2. The Morgan fingerprint density at radius 2 is 1.85 bits per heavy atom. The highest BCUT2D eigenvalue weighted by molar-refractivity contribution is 6.00. The van der Waals surface area contributed by atoms with E-state index < -0.39 is 5.97 Å². The Bertz CT molecular complexity index is 1440. The van der Waals surface area contributed by atoms with E-state index in [0.717, 1.165) is 30.5 Å². The van der Waals surface area contributed by atoms with Crippen LogP contribution in [0.25, 0.3) is 11.3 Å². The summed E-state index contributed by atoms with van der Waals surface area (Å²) in [6.07, 6.45) is 4.65. The van der Waals surface area contributed by atoms with Crippen molar-refractivity contribution in [1.82, 2.24) is 19.7 Å². The average Bonchev–Trinajstić information content (AvgIpc) is 3.34. The van der Waals surface area contributed by atoms with Crippen LogP contribution in [-0.2, 0) is 12.0 Å². The molecule has 5 rings (SSSR count). The highest BCUT2D eigenvalue weighted by atomic mass is 16.4. The molecule has 0 radical (unpaired) electrons. The zero-order valence-corrected chi connectivity index (χ0v) is 23.0. The summed E-state index contributed by atoms with van der Waals surface area (Å²) in [5.41, 5.74) is 3.29. The van der Waals surface area contributed by atoms with Crippen molar-refractivity contribution in [2.24, 2.45) is 5.41 Å². The Hall–Kier alpha value is -4.01. The molecule has 1 aromatic carbocycles. The average molecular weight is 530 g/mol. The second kappa shape index (κ2) is 9.94. The summed E-state index contributed by atoms with van der Waals surface area (Å²) in [5, 5.41) is 17.1. The number of carboxylic acid groups (broad SMARTS) is 1. The number of aromatic nitrogens is 3. The number of aromatic carboxylic acids is 1. The molecule has 9 nitrogen and oxygen atoms in total. The minimum atomic E-state index is -1.00. The van der Waals surface area contributed by atoms with E-state index in [-0.39, 0.29) is 28.2 Å². The van der Waals surface area contributed by atoms with Crippen LogP contribution in [0.4, 0.5) is 5.82 Å². The smallest absolute Gasteiger partial charge is 0.335 e. The van der Waals surface area contributed by atoms with Crippen molar-refractivity contribution in [2.45, 2.75) is 58.9 Å². The largest absolute Gasteiger partial charge is 0.478 e. The third-order valence-electron chi connectivity index (χ3n) is 7.83. The number of Topliss-reactive ketones (excluding diaryl/α,β-unsaturated/α-hetero) is 1. The molecule has 1 spiro atoms. The van der Waals surface area contributed by atoms with Crippen LogP contribution in [0, 0.1) is 5.41 Å². The van der Waals surface area contributed by atoms with Gasteiger partial charge in [0, 0.05) is 37.2 Å². The molecule has 204 valence electrons. The normalized spacial score (nSPS) is 16.7. The number of fused-ring (bicyclic) bond motifs is 1. The zero-order valence-electron chi connectivity index (χ0n) is 23.0. The minimum Gasteiger partial charge on any atom is -0.478 e. The molecule has 0 atom stereocenters. The monoisotopic (exact) mass is 529 g/mol. The summed E-state index contributed by atoms with van der Waals surface area (Å²) >= 11 is 0. The molecule has 1 amide bonds. The predicted octanol–water partition coefficient (Wildman–Crippen LogP) is 4.88. The second-order valence-electron chi connectivity index (χ2n) is 11.7. The third kappa shape index (κ3) is 5.05. The molecule has 1 fully saturated rings. The lowest BCUT2D eigenvalue weighted by atomic mass is 9.67. The van der Waals surface area contributed by atoms with Crippen LogP contribution >= 0.6 is 0 Å². The maximum atomic E-state index is 13.6. The number of likely N-dealkylation sites (tertiary alicyclic amines) is 1. The van der Waals surface area contributed by atoms with Gasteiger partial charge in [-0.1, -0.05) is 12.1 Å². The first kappa shape index (κ1) is 26.6. The zero-order chi connectivity index (χ0) is 27.9. The lowest BCUT2D eigenvalue weighted by Crippen LogP contribution is -2.46. The molecule has 2 aromatic heterocycles. The number of hydrogen-bond acceptors (Lipinski definition) is 6. The summed E-state index contributed by atoms with van der Waals surface area (Å²) < 4.78 is 1.85. The lowest BCUT2D eigenvalue weighted by Gasteiger charge is -2.43. The number of anilines is 1. The van der Waals surface area contributed by atoms with Gasteiger partial charge in [-0.2, -0.15) is 5.10 Å². The number of nitrogens with zero attached hydrogens (tertiary/aromatic N) is 4. The van der Waals surface area contributed by atoms with Crippen molar-refractivity contribution in [3.63, 3.8) is 0 Å². The van der Waals surface area contributed by atoms with Crippen molar-refractivity contribution in [2.75, 3.05) is 25.0 Å². The van der Waals surface area contributed by atoms with Crippen molar-refractivity contribution in [3.8, 4) is 11.3 Å². The van der Waals surface area contributed by atoms with Gasteiger partial charge in [-0.3, -0.25) is 14.3 Å². The highest BCUT2D eigenvalue weighted by Crippen LogP contribution is 2.44. The standard InChI is InChI=1S/C30H35N5O4/c1-5-31-26-22(9-10-23(33-26)19-7-6-8-20(15-19)28(38)39)27(37)34-13-11-30(12-14-34)16-21-18-32-35(29(2,3)4)25(21)24(36)17-30/h6-10,15,18H,5,11-14,16-17H2,1-4H3,(H,31,33)(H,38,39). The molecule has 9 heteroatoms. The Morgan fingerprint density at radius 3 is 2.51 bits per heavy atom. The summed E-state index contributed by atoms with van der Waals surface area (Å²) in [7, 11) is 0. The second-order valence-corrected chi connectivity index (χ2v) is 11.7. The molecule has 3 aromatic rings. The van der Waals surface area contributed by atoms with Crippen LogP contribution in [0.1, 0.15) is 83.7 Å². The maximum absolute atomic E-state index is 13.6. The molecule has 3 heterocycles. The molecular formula is C30H35N5O4. The first-order valence-corrected chi connectivity index (χ1v) is 13.5. The highest BCUT2D eigenvalue weighted by Gasteiger charge is 2.44. The number of hydrogen-bond donors (Lipinski definition) is 2. The number of pyridine rings is 1. The van der Waals surface area contributed by atoms with E-state index in [1.807, 2.05) is 22.7 Å². The van der Waals surface area contributed by atoms with Crippen molar-refractivity contribution >= 4 is 23.5 Å². The molecule has 1 saturated heterocycles. The number of ketones is 1. The Labute approximate surface area is 228 Å². The van der Waals surface area contributed by atoms with E-state index in [2.05, 4.69) is 36.2 Å². The SMILES string of the molecule is CCNc1nc(-c2cccc(C(=O)O)c2)ccc1C(=O)N1CCC2(CC1)CC(=O)c1c(cnn1C(C)(C)C)C2. The number of rotatable bonds is 5. The Balaban J connectivity index is 1.33. The van der Waals surface area contributed by atoms with Gasteiger partial charge in [-0.25, -0.2) is 9.78 Å². The van der Waals surface area contributed by atoms with Gasteiger partial charge in [0.1, 0.15) is 11.5 Å². The van der Waals surface area contributed by atoms with Crippen LogP contribution in [0.2, 0.25) is 0 Å². The van der Waals surface area contributed by atoms with Crippen LogP contribution in [0.3, 0.4) is 0 Å². The van der Waals surface area contributed by atoms with Gasteiger partial charge < -0.3 is 15.3 Å². The first-order valence-electron chi connectivity index (χ1n) is 13.5. The number of carboxylic acids is 1. The van der Waals surface area contributed by atoms with E-state index in [4.69, 9.17) is 0 Å². The van der Waals surface area contributed by atoms with Crippen molar-refractivity contribution in [1.29, 1.82) is 0 Å². The van der Waals surface area contributed by atoms with Gasteiger partial charge in [-0.15, -0.1) is 0 Å². The van der Waals surface area contributed by atoms with Gasteiger partial charge in [0.25, 0.3) is 5.91 Å². The fourth-order valence-electron chi connectivity index (χ4n) is 5.82. The molecule has 39 heavy (non-hydrogen) atoms. The van der Waals surface area contributed by atoms with Gasteiger partial charge in [0.15, 0.2) is 5.78 Å². The Morgan fingerprint density at radius 1 is 1.10 bits per heavy atom. The van der Waals surface area contributed by atoms with E-state index >= 15 is 0 Å². The molecule has 0 bridgehead atoms. The number of carbonyl (C=O) groups is 3. The minimum absolute atomic E-state index is 0.0949. The molecule has 1 aliphatic heterocycles. The van der Waals surface area contributed by atoms with E-state index in [1.54, 1.807) is 30.3 Å². The van der Waals surface area contributed by atoms with E-state index in [1.165, 1.54) is 6.07 Å². The van der Waals surface area contributed by atoms with Gasteiger partial charge in [-0.05, 0) is 76.6 Å². The molecule has 2 N–H and O–H groups in total. The Kier molecular flexibility index (Phi) is 6.78. The molecular weight excluding hydrogens is 494 g/mol. The van der Waals surface area contributed by atoms with Gasteiger partial charge >= 0.3 is 5.97 Å². The molecule has 0 unspecified atom stereocenters. The number of amides is 1. The van der Waals surface area contributed by atoms with Crippen LogP contribution < -0.4 is 5.32 Å². The number of piperidine rings is 1. The van der Waals surface area contributed by atoms with Crippen LogP contribution in [0.15, 0.2) is 42.6 Å². The van der Waals surface area contributed by atoms with Crippen molar-refractivity contribution < 1.29 is 19.5 Å². The maximum Gasteiger partial charge on any atom is 0.335 e. The first-order chi connectivity index (χ1) is 18.5. The van der Waals surface area contributed by atoms with Crippen molar-refractivity contribution in [3.05, 3.63) is 65.0 Å². The quantitative estimate of drug-likeness (QED) is 0.484. The fraction of sp³-hybridized carbons (Fsp3) is 0.433. The topological polar surface area (TPSA) is 117 Å². The third-order valence-corrected chi connectivity index (χ3v) is 7.83. The number of nitrogens with one attached hydrogen (secondary N) is 1. The fourth-order valence-corrected chi connectivity index (χ4v) is 5.82. The summed E-state index contributed by atoms with van der Waals surface area (Å²) in [6, 6.07) is 10.1. The summed E-state index contributed by atoms with van der Waals surface area (Å²) in [5.74, 6) is -0.474. The van der Waals surface area contributed by atoms with E-state index in [0.29, 0.717) is 48.7 Å². The van der Waals surface area contributed by atoms with Gasteiger partial charge in [0.05, 0.1) is 28.6 Å². The summed E-state index contributed by atoms with van der Waals surface area (Å²) in [4.78, 5) is 44.8. The van der Waals surface area contributed by atoms with Gasteiger partial charge in [0.2, 0.25) is 0 Å². The van der Waals surface area contributed by atoms with Crippen LogP contribution in [-0.4, -0.2) is 62.1 Å².